The zero-order valence-corrected chi connectivity index (χ0v) is 16.0. The standard InChI is InChI=1S/C15H28N4O6S/c1-7(2)4-9(13(22)18-10(5-20)15(24)25)17-14(23)11(6-26)19-12(21)8(3)16/h7-11,20,26H,4-6,16H2,1-3H3,(H,17,23)(H,18,22)(H,19,21)(H,24,25). The van der Waals surface area contributed by atoms with Gasteiger partial charge in [0.2, 0.25) is 17.7 Å². The minimum absolute atomic E-state index is 0.0107. The molecular weight excluding hydrogens is 364 g/mol. The minimum Gasteiger partial charge on any atom is -0.480 e. The number of hydrogen-bond donors (Lipinski definition) is 7. The summed E-state index contributed by atoms with van der Waals surface area (Å²) in [7, 11) is 0. The van der Waals surface area contributed by atoms with Crippen molar-refractivity contribution >= 4 is 36.3 Å². The number of aliphatic hydroxyl groups excluding tert-OH is 1. The fraction of sp³-hybridized carbons (Fsp3) is 0.733. The third kappa shape index (κ3) is 8.50. The first kappa shape index (κ1) is 24.1. The molecule has 3 amide bonds. The number of nitrogens with one attached hydrogen (secondary N) is 3. The molecule has 0 radical (unpaired) electrons. The molecule has 0 aromatic rings. The van der Waals surface area contributed by atoms with E-state index in [2.05, 4.69) is 28.6 Å². The van der Waals surface area contributed by atoms with Gasteiger partial charge in [-0.15, -0.1) is 0 Å². The van der Waals surface area contributed by atoms with E-state index < -0.39 is 54.5 Å². The highest BCUT2D eigenvalue weighted by Crippen LogP contribution is 2.06. The average Bonchev–Trinajstić information content (AvgIpc) is 2.55. The normalized spacial score (nSPS) is 15.5. The van der Waals surface area contributed by atoms with Crippen LogP contribution in [0.5, 0.6) is 0 Å². The number of carbonyl (C=O) groups excluding carboxylic acids is 3. The Bertz CT molecular complexity index is 514. The SMILES string of the molecule is CC(C)CC(NC(=O)C(CS)NC(=O)C(C)N)C(=O)NC(CO)C(=O)O. The van der Waals surface area contributed by atoms with Crippen molar-refractivity contribution in [3.05, 3.63) is 0 Å². The Morgan fingerprint density at radius 1 is 0.923 bits per heavy atom. The molecule has 0 aliphatic carbocycles. The van der Waals surface area contributed by atoms with E-state index in [4.69, 9.17) is 15.9 Å². The summed E-state index contributed by atoms with van der Waals surface area (Å²) >= 11 is 4.01. The summed E-state index contributed by atoms with van der Waals surface area (Å²) in [5.41, 5.74) is 5.44. The molecule has 0 heterocycles. The summed E-state index contributed by atoms with van der Waals surface area (Å²) in [4.78, 5) is 47.3. The van der Waals surface area contributed by atoms with Crippen LogP contribution in [0.25, 0.3) is 0 Å². The molecule has 150 valence electrons. The number of thiol groups is 1. The molecule has 0 spiro atoms. The van der Waals surface area contributed by atoms with Crippen molar-refractivity contribution in [2.45, 2.75) is 51.4 Å². The van der Waals surface area contributed by atoms with E-state index in [9.17, 15) is 19.2 Å². The second kappa shape index (κ2) is 11.7. The lowest BCUT2D eigenvalue weighted by atomic mass is 10.0. The zero-order valence-electron chi connectivity index (χ0n) is 15.1. The number of aliphatic carboxylic acids is 1. The van der Waals surface area contributed by atoms with Gasteiger partial charge in [-0.3, -0.25) is 14.4 Å². The Kier molecular flexibility index (Phi) is 10.9. The molecule has 10 nitrogen and oxygen atoms in total. The van der Waals surface area contributed by atoms with E-state index >= 15 is 0 Å². The summed E-state index contributed by atoms with van der Waals surface area (Å²) in [6.45, 7) is 4.31. The van der Waals surface area contributed by atoms with E-state index in [0.717, 1.165) is 0 Å². The number of carbonyl (C=O) groups is 4. The van der Waals surface area contributed by atoms with E-state index in [1.165, 1.54) is 6.92 Å². The van der Waals surface area contributed by atoms with Gasteiger partial charge in [-0.25, -0.2) is 4.79 Å². The van der Waals surface area contributed by atoms with E-state index in [-0.39, 0.29) is 18.1 Å². The number of carboxylic acids is 1. The highest BCUT2D eigenvalue weighted by molar-refractivity contribution is 7.80. The topological polar surface area (TPSA) is 171 Å². The molecule has 26 heavy (non-hydrogen) atoms. The number of amides is 3. The molecule has 11 heteroatoms. The van der Waals surface area contributed by atoms with Gasteiger partial charge in [0.25, 0.3) is 0 Å². The van der Waals surface area contributed by atoms with Crippen molar-refractivity contribution < 1.29 is 29.4 Å². The third-order valence-corrected chi connectivity index (χ3v) is 3.73. The number of aliphatic hydroxyl groups is 1. The maximum absolute atomic E-state index is 12.4. The van der Waals surface area contributed by atoms with Crippen molar-refractivity contribution in [1.29, 1.82) is 0 Å². The summed E-state index contributed by atoms with van der Waals surface area (Å²) in [5, 5.41) is 25.0. The maximum Gasteiger partial charge on any atom is 0.328 e. The molecule has 0 saturated heterocycles. The van der Waals surface area contributed by atoms with Gasteiger partial charge in [0.05, 0.1) is 12.6 Å². The lowest BCUT2D eigenvalue weighted by Gasteiger charge is -2.25. The zero-order chi connectivity index (χ0) is 20.4. The van der Waals surface area contributed by atoms with Gasteiger partial charge in [0.1, 0.15) is 18.1 Å². The van der Waals surface area contributed by atoms with Gasteiger partial charge in [-0.05, 0) is 19.3 Å². The molecule has 7 N–H and O–H groups in total. The van der Waals surface area contributed by atoms with Crippen LogP contribution in [0.15, 0.2) is 0 Å². The number of carboxylic acid groups (broad SMARTS) is 1. The van der Waals surface area contributed by atoms with Gasteiger partial charge >= 0.3 is 5.97 Å². The second-order valence-electron chi connectivity index (χ2n) is 6.31. The Morgan fingerprint density at radius 2 is 1.38 bits per heavy atom. The predicted molar refractivity (Wildman–Crippen MR) is 97.5 cm³/mol. The quantitative estimate of drug-likeness (QED) is 0.196. The van der Waals surface area contributed by atoms with Crippen molar-refractivity contribution in [2.75, 3.05) is 12.4 Å². The number of nitrogens with two attached hydrogens (primary N) is 1. The van der Waals surface area contributed by atoms with Crippen molar-refractivity contribution in [3.8, 4) is 0 Å². The molecule has 0 bridgehead atoms. The molecule has 0 aliphatic rings. The Balaban J connectivity index is 5.12. The lowest BCUT2D eigenvalue weighted by molar-refractivity contribution is -0.143. The first-order valence-electron chi connectivity index (χ1n) is 8.14. The monoisotopic (exact) mass is 392 g/mol. The fourth-order valence-electron chi connectivity index (χ4n) is 1.93. The first-order valence-corrected chi connectivity index (χ1v) is 8.77. The molecule has 0 fully saturated rings. The van der Waals surface area contributed by atoms with Crippen molar-refractivity contribution in [3.63, 3.8) is 0 Å². The second-order valence-corrected chi connectivity index (χ2v) is 6.67. The van der Waals surface area contributed by atoms with E-state index in [1.54, 1.807) is 0 Å². The van der Waals surface area contributed by atoms with Gasteiger partial charge in [-0.2, -0.15) is 12.6 Å². The fourth-order valence-corrected chi connectivity index (χ4v) is 2.19. The minimum atomic E-state index is -1.48. The van der Waals surface area contributed by atoms with Crippen LogP contribution >= 0.6 is 12.6 Å². The van der Waals surface area contributed by atoms with Crippen LogP contribution < -0.4 is 21.7 Å². The van der Waals surface area contributed by atoms with Gasteiger partial charge in [0.15, 0.2) is 0 Å². The smallest absolute Gasteiger partial charge is 0.328 e. The number of rotatable bonds is 11. The van der Waals surface area contributed by atoms with Crippen molar-refractivity contribution in [2.24, 2.45) is 11.7 Å². The molecule has 0 rings (SSSR count). The van der Waals surface area contributed by atoms with Crippen LogP contribution in [0.3, 0.4) is 0 Å². The van der Waals surface area contributed by atoms with Gasteiger partial charge in [0, 0.05) is 5.75 Å². The summed E-state index contributed by atoms with van der Waals surface area (Å²) in [6, 6.07) is -4.34. The van der Waals surface area contributed by atoms with Crippen molar-refractivity contribution in [1.82, 2.24) is 16.0 Å². The van der Waals surface area contributed by atoms with E-state index in [0.29, 0.717) is 0 Å². The molecule has 4 atom stereocenters. The van der Waals surface area contributed by atoms with Crippen LogP contribution in [0.4, 0.5) is 0 Å². The number of hydrogen-bond acceptors (Lipinski definition) is 7. The maximum atomic E-state index is 12.4. The Labute approximate surface area is 157 Å². The Morgan fingerprint density at radius 3 is 1.77 bits per heavy atom. The molecule has 0 aromatic carbocycles. The van der Waals surface area contributed by atoms with Gasteiger partial charge < -0.3 is 31.9 Å². The third-order valence-electron chi connectivity index (χ3n) is 3.37. The summed E-state index contributed by atoms with van der Waals surface area (Å²) in [6.07, 6.45) is 0.232. The summed E-state index contributed by atoms with van der Waals surface area (Å²) < 4.78 is 0. The highest BCUT2D eigenvalue weighted by Gasteiger charge is 2.29. The van der Waals surface area contributed by atoms with Crippen LogP contribution in [0, 0.1) is 5.92 Å². The lowest BCUT2D eigenvalue weighted by Crippen LogP contribution is -2.58. The average molecular weight is 392 g/mol. The molecule has 4 unspecified atom stereocenters. The Hall–Kier alpha value is -1.85. The van der Waals surface area contributed by atoms with Gasteiger partial charge in [-0.1, -0.05) is 13.8 Å². The van der Waals surface area contributed by atoms with E-state index in [1.807, 2.05) is 13.8 Å². The molecular formula is C15H28N4O6S. The van der Waals surface area contributed by atoms with Crippen LogP contribution in [-0.2, 0) is 19.2 Å². The molecule has 0 aromatic heterocycles. The summed E-state index contributed by atoms with van der Waals surface area (Å²) in [5.74, 6) is -3.34. The highest BCUT2D eigenvalue weighted by atomic mass is 32.1. The predicted octanol–water partition coefficient (Wildman–Crippen LogP) is -2.16. The van der Waals surface area contributed by atoms with Crippen LogP contribution in [0.2, 0.25) is 0 Å². The van der Waals surface area contributed by atoms with Crippen LogP contribution in [-0.4, -0.2) is 70.4 Å². The first-order chi connectivity index (χ1) is 12.0. The largest absolute Gasteiger partial charge is 0.480 e. The molecule has 0 saturated carbocycles. The van der Waals surface area contributed by atoms with Crippen LogP contribution in [0.1, 0.15) is 27.2 Å². The molecule has 0 aliphatic heterocycles.